The molecule has 0 saturated heterocycles. The molecular formula is C16H10Cl2FNO. The van der Waals surface area contributed by atoms with Crippen molar-refractivity contribution in [3.8, 4) is 6.07 Å². The molecule has 0 amide bonds. The highest BCUT2D eigenvalue weighted by molar-refractivity contribution is 6.32. The summed E-state index contributed by atoms with van der Waals surface area (Å²) in [6.07, 6.45) is 0. The summed E-state index contributed by atoms with van der Waals surface area (Å²) < 4.78 is 13.9. The van der Waals surface area contributed by atoms with Crippen LogP contribution in [0.3, 0.4) is 0 Å². The number of halogens is 3. The predicted octanol–water partition coefficient (Wildman–Crippen LogP) is 4.93. The Labute approximate surface area is 131 Å². The van der Waals surface area contributed by atoms with E-state index in [1.807, 2.05) is 6.07 Å². The maximum Gasteiger partial charge on any atom is 0.184 e. The van der Waals surface area contributed by atoms with Crippen molar-refractivity contribution in [1.82, 2.24) is 0 Å². The Kier molecular flexibility index (Phi) is 4.62. The Morgan fingerprint density at radius 2 is 1.81 bits per heavy atom. The van der Waals surface area contributed by atoms with Crippen molar-refractivity contribution < 1.29 is 9.18 Å². The second-order valence-corrected chi connectivity index (χ2v) is 5.29. The molecule has 0 bridgehead atoms. The molecule has 2 rings (SSSR count). The molecule has 2 aromatic rings. The largest absolute Gasteiger partial charge is 0.292 e. The number of hydrogen-bond donors (Lipinski definition) is 0. The molecule has 0 saturated carbocycles. The molecule has 0 fully saturated rings. The summed E-state index contributed by atoms with van der Waals surface area (Å²) in [5, 5.41) is 9.76. The lowest BCUT2D eigenvalue weighted by molar-refractivity contribution is 0.0977. The van der Waals surface area contributed by atoms with E-state index in [0.29, 0.717) is 10.6 Å². The van der Waals surface area contributed by atoms with E-state index in [0.717, 1.165) is 0 Å². The van der Waals surface area contributed by atoms with Gasteiger partial charge in [0, 0.05) is 21.2 Å². The molecule has 106 valence electrons. The molecule has 21 heavy (non-hydrogen) atoms. The first-order valence-electron chi connectivity index (χ1n) is 6.10. The summed E-state index contributed by atoms with van der Waals surface area (Å²) >= 11 is 11.9. The third kappa shape index (κ3) is 2.92. The van der Waals surface area contributed by atoms with Crippen molar-refractivity contribution in [2.75, 3.05) is 0 Å². The van der Waals surface area contributed by atoms with Crippen LogP contribution >= 0.6 is 23.2 Å². The molecule has 0 aromatic heterocycles. The van der Waals surface area contributed by atoms with Gasteiger partial charge in [-0.3, -0.25) is 4.79 Å². The van der Waals surface area contributed by atoms with E-state index in [4.69, 9.17) is 23.2 Å². The minimum absolute atomic E-state index is 0.0505. The molecule has 0 aliphatic rings. The van der Waals surface area contributed by atoms with Gasteiger partial charge in [0.2, 0.25) is 0 Å². The van der Waals surface area contributed by atoms with Crippen LogP contribution in [0.25, 0.3) is 0 Å². The number of nitriles is 1. The van der Waals surface area contributed by atoms with Crippen LogP contribution < -0.4 is 0 Å². The van der Waals surface area contributed by atoms with Gasteiger partial charge in [0.1, 0.15) is 11.7 Å². The third-order valence-electron chi connectivity index (χ3n) is 3.21. The van der Waals surface area contributed by atoms with Crippen molar-refractivity contribution in [3.63, 3.8) is 0 Å². The quantitative estimate of drug-likeness (QED) is 0.752. The number of nitrogens with zero attached hydrogens (tertiary/aromatic N) is 1. The number of carbonyl (C=O) groups is 1. The minimum Gasteiger partial charge on any atom is -0.292 e. The fourth-order valence-electron chi connectivity index (χ4n) is 2.07. The molecule has 0 heterocycles. The van der Waals surface area contributed by atoms with E-state index in [-0.39, 0.29) is 16.1 Å². The van der Waals surface area contributed by atoms with Crippen molar-refractivity contribution in [2.45, 2.75) is 12.8 Å². The van der Waals surface area contributed by atoms with Crippen LogP contribution in [0, 0.1) is 24.1 Å². The number of rotatable bonds is 3. The summed E-state index contributed by atoms with van der Waals surface area (Å²) in [6.45, 7) is 1.67. The van der Waals surface area contributed by atoms with Crippen LogP contribution in [0.2, 0.25) is 10.0 Å². The first-order valence-corrected chi connectivity index (χ1v) is 6.85. The number of carbonyl (C=O) groups excluding carboxylic acids is 1. The topological polar surface area (TPSA) is 40.9 Å². The lowest BCUT2D eigenvalue weighted by Gasteiger charge is -2.13. The molecule has 0 aliphatic carbocycles. The molecule has 5 heteroatoms. The van der Waals surface area contributed by atoms with Gasteiger partial charge in [-0.05, 0) is 30.7 Å². The zero-order valence-corrected chi connectivity index (χ0v) is 12.5. The SMILES string of the molecule is Cc1c(Cl)cccc1C(=O)C(C#N)c1c(F)cccc1Cl. The fourth-order valence-corrected chi connectivity index (χ4v) is 2.52. The molecule has 0 N–H and O–H groups in total. The monoisotopic (exact) mass is 321 g/mol. The van der Waals surface area contributed by atoms with Gasteiger partial charge in [0.25, 0.3) is 0 Å². The summed E-state index contributed by atoms with van der Waals surface area (Å²) in [4.78, 5) is 12.5. The van der Waals surface area contributed by atoms with Crippen molar-refractivity contribution in [1.29, 1.82) is 5.26 Å². The third-order valence-corrected chi connectivity index (χ3v) is 3.95. The standard InChI is InChI=1S/C16H10Cl2FNO/c1-9-10(4-2-5-12(9)17)16(21)11(8-20)15-13(18)6-3-7-14(15)19/h2-7,11H,1H3. The fraction of sp³-hybridized carbons (Fsp3) is 0.125. The van der Waals surface area contributed by atoms with E-state index in [9.17, 15) is 14.4 Å². The smallest absolute Gasteiger partial charge is 0.184 e. The second-order valence-electron chi connectivity index (χ2n) is 4.47. The molecular weight excluding hydrogens is 312 g/mol. The maximum absolute atomic E-state index is 13.9. The summed E-state index contributed by atoms with van der Waals surface area (Å²) in [5.74, 6) is -2.51. The highest BCUT2D eigenvalue weighted by Gasteiger charge is 2.28. The zero-order valence-electron chi connectivity index (χ0n) is 11.0. The van der Waals surface area contributed by atoms with Crippen LogP contribution in [-0.2, 0) is 0 Å². The van der Waals surface area contributed by atoms with Crippen molar-refractivity contribution in [2.24, 2.45) is 0 Å². The Hall–Kier alpha value is -1.89. The Morgan fingerprint density at radius 1 is 1.19 bits per heavy atom. The van der Waals surface area contributed by atoms with Gasteiger partial charge < -0.3 is 0 Å². The molecule has 0 aliphatic heterocycles. The van der Waals surface area contributed by atoms with Crippen molar-refractivity contribution >= 4 is 29.0 Å². The van der Waals surface area contributed by atoms with Crippen LogP contribution in [0.5, 0.6) is 0 Å². The first-order chi connectivity index (χ1) is 9.97. The van der Waals surface area contributed by atoms with E-state index in [2.05, 4.69) is 0 Å². The van der Waals surface area contributed by atoms with Gasteiger partial charge in [0.15, 0.2) is 5.78 Å². The summed E-state index contributed by atoms with van der Waals surface area (Å²) in [7, 11) is 0. The van der Waals surface area contributed by atoms with Gasteiger partial charge in [-0.1, -0.05) is 41.4 Å². The number of hydrogen-bond acceptors (Lipinski definition) is 2. The summed E-state index contributed by atoms with van der Waals surface area (Å²) in [5.41, 5.74) is 0.733. The second kappa shape index (κ2) is 6.26. The van der Waals surface area contributed by atoms with Crippen LogP contribution in [0.15, 0.2) is 36.4 Å². The molecule has 0 radical (unpaired) electrons. The molecule has 0 spiro atoms. The van der Waals surface area contributed by atoms with Gasteiger partial charge in [-0.2, -0.15) is 5.26 Å². The average Bonchev–Trinajstić information content (AvgIpc) is 2.45. The highest BCUT2D eigenvalue weighted by Crippen LogP contribution is 2.31. The molecule has 1 unspecified atom stereocenters. The van der Waals surface area contributed by atoms with Gasteiger partial charge in [0.05, 0.1) is 6.07 Å². The Morgan fingerprint density at radius 3 is 2.43 bits per heavy atom. The van der Waals surface area contributed by atoms with Gasteiger partial charge in [-0.25, -0.2) is 4.39 Å². The van der Waals surface area contributed by atoms with Crippen LogP contribution in [-0.4, -0.2) is 5.78 Å². The predicted molar refractivity (Wildman–Crippen MR) is 80.3 cm³/mol. The van der Waals surface area contributed by atoms with Crippen molar-refractivity contribution in [3.05, 3.63) is 69.0 Å². The molecule has 2 aromatic carbocycles. The Balaban J connectivity index is 2.55. The van der Waals surface area contributed by atoms with Gasteiger partial charge >= 0.3 is 0 Å². The lowest BCUT2D eigenvalue weighted by Crippen LogP contribution is -2.14. The van der Waals surface area contributed by atoms with E-state index >= 15 is 0 Å². The minimum atomic E-state index is -1.31. The normalized spacial score (nSPS) is 11.8. The van der Waals surface area contributed by atoms with E-state index in [1.165, 1.54) is 18.2 Å². The number of benzene rings is 2. The molecule has 1 atom stereocenters. The first kappa shape index (κ1) is 15.5. The molecule has 2 nitrogen and oxygen atoms in total. The van der Waals surface area contributed by atoms with E-state index < -0.39 is 17.5 Å². The van der Waals surface area contributed by atoms with Crippen LogP contribution in [0.4, 0.5) is 4.39 Å². The van der Waals surface area contributed by atoms with E-state index in [1.54, 1.807) is 25.1 Å². The zero-order chi connectivity index (χ0) is 15.6. The van der Waals surface area contributed by atoms with Crippen LogP contribution in [0.1, 0.15) is 27.4 Å². The Bertz CT molecular complexity index is 732. The number of ketones is 1. The van der Waals surface area contributed by atoms with Gasteiger partial charge in [-0.15, -0.1) is 0 Å². The lowest BCUT2D eigenvalue weighted by atomic mass is 9.89. The number of Topliss-reactive ketones (excluding diaryl/α,β-unsaturated/α-hetero) is 1. The average molecular weight is 322 g/mol. The summed E-state index contributed by atoms with van der Waals surface area (Å²) in [6, 6.07) is 10.7. The highest BCUT2D eigenvalue weighted by atomic mass is 35.5. The maximum atomic E-state index is 13.9.